The number of hydrogen-bond donors (Lipinski definition) is 1. The molecule has 0 saturated carbocycles. The minimum absolute atomic E-state index is 0.00199. The number of carbonyl (C=O) groups is 1. The Bertz CT molecular complexity index is 537. The van der Waals surface area contributed by atoms with Crippen molar-refractivity contribution in [3.05, 3.63) is 36.0 Å². The second-order valence-electron chi connectivity index (χ2n) is 3.27. The number of nitrogens with zero attached hydrogens (tertiary/aromatic N) is 1. The van der Waals surface area contributed by atoms with Crippen LogP contribution in [0.15, 0.2) is 30.3 Å². The number of carboxylic acids is 1. The number of fused-ring (bicyclic) bond motifs is 1. The van der Waals surface area contributed by atoms with E-state index < -0.39 is 5.97 Å². The first-order valence-corrected chi connectivity index (χ1v) is 4.98. The minimum Gasteiger partial charge on any atom is -0.478 e. The Morgan fingerprint density at radius 1 is 1.44 bits per heavy atom. The van der Waals surface area contributed by atoms with Gasteiger partial charge in [0.25, 0.3) is 0 Å². The smallest absolute Gasteiger partial charge is 0.354 e. The monoisotopic (exact) mass is 217 g/mol. The van der Waals surface area contributed by atoms with Crippen molar-refractivity contribution >= 4 is 16.7 Å². The highest BCUT2D eigenvalue weighted by Crippen LogP contribution is 2.24. The van der Waals surface area contributed by atoms with Crippen LogP contribution in [0.25, 0.3) is 10.8 Å². The summed E-state index contributed by atoms with van der Waals surface area (Å²) in [6.07, 6.45) is 0. The molecule has 2 rings (SSSR count). The van der Waals surface area contributed by atoms with Crippen LogP contribution in [0.3, 0.4) is 0 Å². The Hall–Kier alpha value is -2.10. The molecule has 4 heteroatoms. The summed E-state index contributed by atoms with van der Waals surface area (Å²) in [6.45, 7) is 2.30. The molecule has 16 heavy (non-hydrogen) atoms. The molecule has 4 nitrogen and oxygen atoms in total. The van der Waals surface area contributed by atoms with Crippen LogP contribution in [0.1, 0.15) is 17.4 Å². The van der Waals surface area contributed by atoms with Crippen molar-refractivity contribution in [2.75, 3.05) is 6.61 Å². The minimum atomic E-state index is -1.05. The Morgan fingerprint density at radius 2 is 2.19 bits per heavy atom. The summed E-state index contributed by atoms with van der Waals surface area (Å²) in [5.41, 5.74) is 0.00199. The van der Waals surface area contributed by atoms with E-state index in [2.05, 4.69) is 4.98 Å². The predicted molar refractivity (Wildman–Crippen MR) is 59.9 cm³/mol. The van der Waals surface area contributed by atoms with Gasteiger partial charge in [0.05, 0.1) is 6.61 Å². The predicted octanol–water partition coefficient (Wildman–Crippen LogP) is 2.33. The average molecular weight is 217 g/mol. The van der Waals surface area contributed by atoms with Gasteiger partial charge in [0.2, 0.25) is 5.88 Å². The van der Waals surface area contributed by atoms with Gasteiger partial charge in [-0.2, -0.15) is 0 Å². The number of pyridine rings is 1. The van der Waals surface area contributed by atoms with Crippen molar-refractivity contribution < 1.29 is 14.6 Å². The maximum Gasteiger partial charge on any atom is 0.354 e. The molecule has 82 valence electrons. The summed E-state index contributed by atoms with van der Waals surface area (Å²) in [5.74, 6) is -0.676. The molecule has 0 saturated heterocycles. The van der Waals surface area contributed by atoms with E-state index >= 15 is 0 Å². The van der Waals surface area contributed by atoms with E-state index in [0.717, 1.165) is 10.8 Å². The maximum absolute atomic E-state index is 10.9. The van der Waals surface area contributed by atoms with Crippen LogP contribution in [0.2, 0.25) is 0 Å². The van der Waals surface area contributed by atoms with E-state index in [1.165, 1.54) is 0 Å². The Kier molecular flexibility index (Phi) is 2.72. The van der Waals surface area contributed by atoms with Gasteiger partial charge in [0, 0.05) is 5.39 Å². The number of benzene rings is 1. The molecular formula is C12H11NO3. The molecule has 0 aliphatic carbocycles. The van der Waals surface area contributed by atoms with Crippen LogP contribution in [0.5, 0.6) is 5.88 Å². The van der Waals surface area contributed by atoms with Crippen molar-refractivity contribution in [3.8, 4) is 5.88 Å². The van der Waals surface area contributed by atoms with E-state index in [0.29, 0.717) is 12.5 Å². The molecule has 0 fully saturated rings. The first kappa shape index (κ1) is 10.4. The SMILES string of the molecule is CCOc1nc(C(=O)O)cc2ccccc12. The van der Waals surface area contributed by atoms with Crippen LogP contribution >= 0.6 is 0 Å². The van der Waals surface area contributed by atoms with E-state index in [1.807, 2.05) is 31.2 Å². The number of carboxylic acid groups (broad SMARTS) is 1. The quantitative estimate of drug-likeness (QED) is 0.857. The number of aromatic nitrogens is 1. The normalized spacial score (nSPS) is 10.3. The third-order valence-corrected chi connectivity index (χ3v) is 2.21. The standard InChI is InChI=1S/C12H11NO3/c1-2-16-11-9-6-4-3-5-8(9)7-10(13-11)12(14)15/h3-7H,2H2,1H3,(H,14,15). The van der Waals surface area contributed by atoms with Crippen molar-refractivity contribution in [2.45, 2.75) is 6.92 Å². The molecule has 1 aromatic carbocycles. The highest BCUT2D eigenvalue weighted by molar-refractivity contribution is 5.94. The molecule has 0 aliphatic heterocycles. The summed E-state index contributed by atoms with van der Waals surface area (Å²) < 4.78 is 5.34. The summed E-state index contributed by atoms with van der Waals surface area (Å²) in [5, 5.41) is 10.6. The molecule has 0 unspecified atom stereocenters. The van der Waals surface area contributed by atoms with Crippen LogP contribution < -0.4 is 4.74 Å². The lowest BCUT2D eigenvalue weighted by molar-refractivity contribution is 0.0689. The molecular weight excluding hydrogens is 206 g/mol. The Morgan fingerprint density at radius 3 is 2.88 bits per heavy atom. The second-order valence-corrected chi connectivity index (χ2v) is 3.27. The fraction of sp³-hybridized carbons (Fsp3) is 0.167. The zero-order valence-corrected chi connectivity index (χ0v) is 8.80. The maximum atomic E-state index is 10.9. The topological polar surface area (TPSA) is 59.4 Å². The molecule has 2 aromatic rings. The first-order valence-electron chi connectivity index (χ1n) is 4.98. The molecule has 0 spiro atoms. The molecule has 0 aliphatic rings. The van der Waals surface area contributed by atoms with Gasteiger partial charge in [-0.1, -0.05) is 18.2 Å². The van der Waals surface area contributed by atoms with Gasteiger partial charge in [-0.25, -0.2) is 9.78 Å². The van der Waals surface area contributed by atoms with Crippen LogP contribution in [-0.2, 0) is 0 Å². The second kappa shape index (κ2) is 4.18. The van der Waals surface area contributed by atoms with Crippen molar-refractivity contribution in [1.29, 1.82) is 0 Å². The van der Waals surface area contributed by atoms with Gasteiger partial charge in [0.1, 0.15) is 0 Å². The molecule has 0 bridgehead atoms. The zero-order valence-electron chi connectivity index (χ0n) is 8.80. The largest absolute Gasteiger partial charge is 0.478 e. The molecule has 1 heterocycles. The summed E-state index contributed by atoms with van der Waals surface area (Å²) in [7, 11) is 0. The first-order chi connectivity index (χ1) is 7.72. The van der Waals surface area contributed by atoms with Gasteiger partial charge >= 0.3 is 5.97 Å². The van der Waals surface area contributed by atoms with Crippen LogP contribution in [-0.4, -0.2) is 22.7 Å². The molecule has 1 N–H and O–H groups in total. The van der Waals surface area contributed by atoms with Gasteiger partial charge < -0.3 is 9.84 Å². The lowest BCUT2D eigenvalue weighted by Gasteiger charge is -2.07. The third-order valence-electron chi connectivity index (χ3n) is 2.21. The summed E-state index contributed by atoms with van der Waals surface area (Å²) >= 11 is 0. The lowest BCUT2D eigenvalue weighted by Crippen LogP contribution is -2.03. The molecule has 0 amide bonds. The van der Waals surface area contributed by atoms with Crippen molar-refractivity contribution in [1.82, 2.24) is 4.98 Å². The van der Waals surface area contributed by atoms with Gasteiger partial charge in [-0.15, -0.1) is 0 Å². The molecule has 0 radical (unpaired) electrons. The fourth-order valence-corrected chi connectivity index (χ4v) is 1.52. The van der Waals surface area contributed by atoms with Crippen LogP contribution in [0.4, 0.5) is 0 Å². The number of ether oxygens (including phenoxy) is 1. The lowest BCUT2D eigenvalue weighted by atomic mass is 10.1. The molecule has 0 atom stereocenters. The Balaban J connectivity index is 2.68. The summed E-state index contributed by atoms with van der Waals surface area (Å²) in [6, 6.07) is 8.96. The van der Waals surface area contributed by atoms with Gasteiger partial charge in [0.15, 0.2) is 5.69 Å². The number of hydrogen-bond acceptors (Lipinski definition) is 3. The highest BCUT2D eigenvalue weighted by Gasteiger charge is 2.10. The van der Waals surface area contributed by atoms with Crippen LogP contribution in [0, 0.1) is 0 Å². The Labute approximate surface area is 92.5 Å². The van der Waals surface area contributed by atoms with E-state index in [-0.39, 0.29) is 5.69 Å². The van der Waals surface area contributed by atoms with Crippen molar-refractivity contribution in [3.63, 3.8) is 0 Å². The fourth-order valence-electron chi connectivity index (χ4n) is 1.52. The zero-order chi connectivity index (χ0) is 11.5. The van der Waals surface area contributed by atoms with E-state index in [4.69, 9.17) is 9.84 Å². The highest BCUT2D eigenvalue weighted by atomic mass is 16.5. The molecule has 1 aromatic heterocycles. The van der Waals surface area contributed by atoms with E-state index in [1.54, 1.807) is 6.07 Å². The number of aromatic carboxylic acids is 1. The third kappa shape index (κ3) is 1.82. The number of rotatable bonds is 3. The summed E-state index contributed by atoms with van der Waals surface area (Å²) in [4.78, 5) is 14.9. The average Bonchev–Trinajstić information content (AvgIpc) is 2.29. The van der Waals surface area contributed by atoms with E-state index in [9.17, 15) is 4.79 Å². The van der Waals surface area contributed by atoms with Gasteiger partial charge in [-0.3, -0.25) is 0 Å². The van der Waals surface area contributed by atoms with Crippen molar-refractivity contribution in [2.24, 2.45) is 0 Å². The van der Waals surface area contributed by atoms with Gasteiger partial charge in [-0.05, 0) is 24.4 Å².